The zero-order valence-electron chi connectivity index (χ0n) is 15.6. The third-order valence-electron chi connectivity index (χ3n) is 4.49. The van der Waals surface area contributed by atoms with Crippen LogP contribution in [0.1, 0.15) is 103 Å². The summed E-state index contributed by atoms with van der Waals surface area (Å²) in [6.45, 7) is 2.52. The van der Waals surface area contributed by atoms with Gasteiger partial charge in [-0.15, -0.1) is 0 Å². The molecule has 1 unspecified atom stereocenters. The second kappa shape index (κ2) is 19.8. The van der Waals surface area contributed by atoms with Crippen LogP contribution in [0.3, 0.4) is 0 Å². The van der Waals surface area contributed by atoms with Crippen molar-refractivity contribution in [3.8, 4) is 0 Å². The number of aliphatic imine (C=N–C) groups is 2. The molecule has 0 saturated heterocycles. The van der Waals surface area contributed by atoms with Crippen LogP contribution in [-0.2, 0) is 9.59 Å². The van der Waals surface area contributed by atoms with E-state index in [1.807, 2.05) is 0 Å². The van der Waals surface area contributed by atoms with E-state index in [2.05, 4.69) is 16.9 Å². The van der Waals surface area contributed by atoms with E-state index in [4.69, 9.17) is 0 Å². The maximum Gasteiger partial charge on any atom is 0.235 e. The summed E-state index contributed by atoms with van der Waals surface area (Å²) in [4.78, 5) is 27.6. The average molecular weight is 337 g/mol. The Morgan fingerprint density at radius 3 is 1.54 bits per heavy atom. The van der Waals surface area contributed by atoms with Gasteiger partial charge in [-0.1, -0.05) is 96.8 Å². The molecule has 0 aliphatic rings. The van der Waals surface area contributed by atoms with Gasteiger partial charge in [0.25, 0.3) is 0 Å². The molecule has 0 spiro atoms. The largest absolute Gasteiger partial charge is 0.235 e. The van der Waals surface area contributed by atoms with Crippen molar-refractivity contribution in [2.24, 2.45) is 9.98 Å². The van der Waals surface area contributed by atoms with Crippen molar-refractivity contribution in [2.75, 3.05) is 6.54 Å². The van der Waals surface area contributed by atoms with Crippen molar-refractivity contribution in [1.82, 2.24) is 0 Å². The number of hydrogen-bond donors (Lipinski definition) is 0. The van der Waals surface area contributed by atoms with Crippen molar-refractivity contribution in [3.05, 3.63) is 0 Å². The average Bonchev–Trinajstić information content (AvgIpc) is 2.59. The molecule has 0 aromatic rings. The molecule has 4 heteroatoms. The molecule has 0 fully saturated rings. The van der Waals surface area contributed by atoms with Gasteiger partial charge in [0, 0.05) is 0 Å². The van der Waals surface area contributed by atoms with Crippen LogP contribution < -0.4 is 0 Å². The lowest BCUT2D eigenvalue weighted by Gasteiger charge is -2.06. The maximum absolute atomic E-state index is 10.3. The van der Waals surface area contributed by atoms with Gasteiger partial charge in [0.05, 0.1) is 12.6 Å². The third-order valence-corrected chi connectivity index (χ3v) is 4.49. The van der Waals surface area contributed by atoms with Crippen molar-refractivity contribution in [1.29, 1.82) is 0 Å². The number of unbranched alkanes of at least 4 members (excludes halogenated alkanes) is 13. The molecule has 138 valence electrons. The Bertz CT molecular complexity index is 359. The normalized spacial score (nSPS) is 11.5. The molecular weight excluding hydrogens is 300 g/mol. The second-order valence-corrected chi connectivity index (χ2v) is 6.69. The fraction of sp³-hybridized carbons (Fsp3) is 0.900. The van der Waals surface area contributed by atoms with Gasteiger partial charge in [-0.2, -0.15) is 0 Å². The molecule has 4 nitrogen and oxygen atoms in total. The predicted molar refractivity (Wildman–Crippen MR) is 99.8 cm³/mol. The van der Waals surface area contributed by atoms with Crippen LogP contribution in [0.2, 0.25) is 0 Å². The standard InChI is InChI=1S/C20H36N2O2/c1-2-3-4-5-6-7-8-9-10-11-12-13-14-15-16-20(22-19-24)17-21-18-23/h20H,2-17H2,1H3. The summed E-state index contributed by atoms with van der Waals surface area (Å²) in [7, 11) is 0. The Labute approximate surface area is 148 Å². The van der Waals surface area contributed by atoms with Gasteiger partial charge < -0.3 is 0 Å². The van der Waals surface area contributed by atoms with Crippen LogP contribution in [0.25, 0.3) is 0 Å². The summed E-state index contributed by atoms with van der Waals surface area (Å²) in [5.74, 6) is 0. The zero-order chi connectivity index (χ0) is 17.7. The monoisotopic (exact) mass is 336 g/mol. The van der Waals surface area contributed by atoms with E-state index in [1.54, 1.807) is 6.08 Å². The molecule has 0 aliphatic carbocycles. The summed E-state index contributed by atoms with van der Waals surface area (Å²) in [6.07, 6.45) is 22.4. The van der Waals surface area contributed by atoms with Gasteiger partial charge in [0.1, 0.15) is 0 Å². The summed E-state index contributed by atoms with van der Waals surface area (Å²) >= 11 is 0. The number of nitrogens with zero attached hydrogens (tertiary/aromatic N) is 2. The molecule has 0 aliphatic heterocycles. The smallest absolute Gasteiger partial charge is 0.211 e. The van der Waals surface area contributed by atoms with Gasteiger partial charge >= 0.3 is 0 Å². The quantitative estimate of drug-likeness (QED) is 0.178. The minimum Gasteiger partial charge on any atom is -0.211 e. The van der Waals surface area contributed by atoms with E-state index in [-0.39, 0.29) is 12.6 Å². The topological polar surface area (TPSA) is 58.9 Å². The fourth-order valence-electron chi connectivity index (χ4n) is 2.99. The predicted octanol–water partition coefficient (Wildman–Crippen LogP) is 5.90. The fourth-order valence-corrected chi connectivity index (χ4v) is 2.99. The van der Waals surface area contributed by atoms with Crippen molar-refractivity contribution in [2.45, 2.75) is 109 Å². The highest BCUT2D eigenvalue weighted by molar-refractivity contribution is 5.35. The molecule has 0 heterocycles. The lowest BCUT2D eigenvalue weighted by atomic mass is 10.0. The first-order valence-corrected chi connectivity index (χ1v) is 9.95. The molecule has 0 amide bonds. The van der Waals surface area contributed by atoms with Crippen LogP contribution in [0, 0.1) is 0 Å². The molecule has 1 atom stereocenters. The summed E-state index contributed by atoms with van der Waals surface area (Å²) in [5, 5.41) is 0. The van der Waals surface area contributed by atoms with Crippen LogP contribution in [0.4, 0.5) is 0 Å². The maximum atomic E-state index is 10.3. The van der Waals surface area contributed by atoms with Crippen molar-refractivity contribution in [3.63, 3.8) is 0 Å². The Morgan fingerprint density at radius 1 is 0.667 bits per heavy atom. The number of hydrogen-bond acceptors (Lipinski definition) is 4. The van der Waals surface area contributed by atoms with Gasteiger partial charge in [-0.25, -0.2) is 19.6 Å². The first-order chi connectivity index (χ1) is 11.8. The minimum absolute atomic E-state index is 0.193. The zero-order valence-corrected chi connectivity index (χ0v) is 15.6. The van der Waals surface area contributed by atoms with Crippen molar-refractivity contribution >= 4 is 12.2 Å². The Morgan fingerprint density at radius 2 is 1.12 bits per heavy atom. The molecule has 0 rings (SSSR count). The third kappa shape index (κ3) is 17.1. The van der Waals surface area contributed by atoms with Crippen molar-refractivity contribution < 1.29 is 9.59 Å². The Kier molecular flexibility index (Phi) is 18.8. The molecule has 0 N–H and O–H groups in total. The highest BCUT2D eigenvalue weighted by Gasteiger charge is 2.05. The van der Waals surface area contributed by atoms with Gasteiger partial charge in [0.15, 0.2) is 0 Å². The van der Waals surface area contributed by atoms with Gasteiger partial charge in [-0.3, -0.25) is 0 Å². The highest BCUT2D eigenvalue weighted by Crippen LogP contribution is 2.14. The summed E-state index contributed by atoms with van der Waals surface area (Å²) in [5.41, 5.74) is 0. The summed E-state index contributed by atoms with van der Waals surface area (Å²) < 4.78 is 0. The molecule has 0 bridgehead atoms. The summed E-state index contributed by atoms with van der Waals surface area (Å²) in [6, 6.07) is -0.193. The van der Waals surface area contributed by atoms with Crippen LogP contribution >= 0.6 is 0 Å². The van der Waals surface area contributed by atoms with E-state index in [0.29, 0.717) is 0 Å². The Hall–Kier alpha value is -1.24. The lowest BCUT2D eigenvalue weighted by Crippen LogP contribution is -2.08. The lowest BCUT2D eigenvalue weighted by molar-refractivity contribution is 0.511. The molecular formula is C20H36N2O2. The number of rotatable bonds is 18. The second-order valence-electron chi connectivity index (χ2n) is 6.69. The van der Waals surface area contributed by atoms with E-state index >= 15 is 0 Å². The highest BCUT2D eigenvalue weighted by atomic mass is 16.1. The van der Waals surface area contributed by atoms with Crippen LogP contribution in [0.15, 0.2) is 9.98 Å². The van der Waals surface area contributed by atoms with Gasteiger partial charge in [-0.05, 0) is 6.42 Å². The van der Waals surface area contributed by atoms with Gasteiger partial charge in [0.2, 0.25) is 12.2 Å². The molecule has 0 radical (unpaired) electrons. The van der Waals surface area contributed by atoms with E-state index in [9.17, 15) is 9.59 Å². The molecule has 24 heavy (non-hydrogen) atoms. The minimum atomic E-state index is -0.193. The Balaban J connectivity index is 3.29. The van der Waals surface area contributed by atoms with E-state index in [1.165, 1.54) is 83.1 Å². The van der Waals surface area contributed by atoms with Crippen LogP contribution in [0.5, 0.6) is 0 Å². The first-order valence-electron chi connectivity index (χ1n) is 9.95. The van der Waals surface area contributed by atoms with E-state index < -0.39 is 0 Å². The molecule has 0 aromatic carbocycles. The number of isocyanates is 2. The molecule has 0 saturated carbocycles. The van der Waals surface area contributed by atoms with E-state index in [0.717, 1.165) is 19.3 Å². The SMILES string of the molecule is CCCCCCCCCCCCCCCCC(CN=C=O)N=C=O. The molecule has 0 aromatic heterocycles. The van der Waals surface area contributed by atoms with Crippen LogP contribution in [-0.4, -0.2) is 24.7 Å². The number of carbonyl (C=O) groups excluding carboxylic acids is 2. The first kappa shape index (κ1) is 22.8.